The summed E-state index contributed by atoms with van der Waals surface area (Å²) in [6, 6.07) is 8.19. The largest absolute Gasteiger partial charge is 0.101 e. The molecular formula is C13H20. The van der Waals surface area contributed by atoms with Gasteiger partial charge in [0.1, 0.15) is 0 Å². The van der Waals surface area contributed by atoms with Crippen LogP contribution in [0.25, 0.3) is 0 Å². The van der Waals surface area contributed by atoms with Crippen molar-refractivity contribution in [3.05, 3.63) is 35.4 Å². The van der Waals surface area contributed by atoms with Crippen LogP contribution in [-0.2, 0) is 0 Å². The Bertz CT molecular complexity index is 274. The molecule has 13 heavy (non-hydrogen) atoms. The lowest BCUT2D eigenvalue weighted by Gasteiger charge is -1.90. The lowest BCUT2D eigenvalue weighted by Crippen LogP contribution is -1.74. The predicted octanol–water partition coefficient (Wildman–Crippen LogP) is 4.03. The number of benzene rings is 1. The molecule has 0 nitrogen and oxygen atoms in total. The molecule has 0 aliphatic heterocycles. The van der Waals surface area contributed by atoms with E-state index in [1.165, 1.54) is 5.56 Å². The Morgan fingerprint density at radius 1 is 1.15 bits per heavy atom. The third-order valence-electron chi connectivity index (χ3n) is 1.29. The van der Waals surface area contributed by atoms with Crippen LogP contribution >= 0.6 is 0 Å². The van der Waals surface area contributed by atoms with Gasteiger partial charge in [0.2, 0.25) is 0 Å². The Balaban J connectivity index is 0. The highest BCUT2D eigenvalue weighted by atomic mass is 13.9. The molecule has 0 aliphatic rings. The summed E-state index contributed by atoms with van der Waals surface area (Å²) in [4.78, 5) is 0. The van der Waals surface area contributed by atoms with Crippen LogP contribution in [0, 0.1) is 18.8 Å². The average Bonchev–Trinajstić information content (AvgIpc) is 2.09. The molecule has 0 heterocycles. The third-order valence-corrected chi connectivity index (χ3v) is 1.29. The van der Waals surface area contributed by atoms with Gasteiger partial charge >= 0.3 is 0 Å². The van der Waals surface area contributed by atoms with E-state index < -0.39 is 0 Å². The number of aryl methyl sites for hydroxylation is 1. The van der Waals surface area contributed by atoms with Gasteiger partial charge in [-0.05, 0) is 31.5 Å². The minimum atomic E-state index is 0. The van der Waals surface area contributed by atoms with Crippen LogP contribution in [0.2, 0.25) is 0 Å². The Hall–Kier alpha value is -1.22. The first kappa shape index (κ1) is 14.3. The van der Waals surface area contributed by atoms with Crippen LogP contribution in [-0.4, -0.2) is 0 Å². The molecule has 0 aromatic heterocycles. The molecule has 1 rings (SSSR count). The fourth-order valence-electron chi connectivity index (χ4n) is 0.867. The fourth-order valence-corrected chi connectivity index (χ4v) is 0.867. The van der Waals surface area contributed by atoms with E-state index in [4.69, 9.17) is 0 Å². The zero-order valence-corrected chi connectivity index (χ0v) is 8.31. The maximum Gasteiger partial charge on any atom is 0.0247 e. The maximum atomic E-state index is 3.00. The molecule has 0 atom stereocenters. The highest BCUT2D eigenvalue weighted by molar-refractivity contribution is 5.36. The zero-order valence-electron chi connectivity index (χ0n) is 8.31. The molecule has 1 aromatic rings. The van der Waals surface area contributed by atoms with E-state index in [9.17, 15) is 0 Å². The number of rotatable bonds is 0. The van der Waals surface area contributed by atoms with Gasteiger partial charge in [-0.2, -0.15) is 0 Å². The second-order valence-corrected chi connectivity index (χ2v) is 2.24. The molecule has 0 radical (unpaired) electrons. The van der Waals surface area contributed by atoms with Gasteiger partial charge in [-0.1, -0.05) is 39.3 Å². The molecule has 0 bridgehead atoms. The van der Waals surface area contributed by atoms with Crippen molar-refractivity contribution in [2.45, 2.75) is 35.1 Å². The Morgan fingerprint density at radius 2 is 1.77 bits per heavy atom. The molecule has 0 heteroatoms. The van der Waals surface area contributed by atoms with E-state index in [1.54, 1.807) is 0 Å². The molecule has 0 spiro atoms. The smallest absolute Gasteiger partial charge is 0.0247 e. The summed E-state index contributed by atoms with van der Waals surface area (Å²) in [6.45, 7) is 7.92. The van der Waals surface area contributed by atoms with E-state index in [0.29, 0.717) is 0 Å². The summed E-state index contributed by atoms with van der Waals surface area (Å²) in [5, 5.41) is 0. The zero-order chi connectivity index (χ0) is 9.40. The minimum Gasteiger partial charge on any atom is -0.101 e. The quantitative estimate of drug-likeness (QED) is 0.523. The van der Waals surface area contributed by atoms with Gasteiger partial charge in [-0.3, -0.25) is 0 Å². The van der Waals surface area contributed by atoms with Gasteiger partial charge in [0.05, 0.1) is 0 Å². The van der Waals surface area contributed by atoms with Crippen molar-refractivity contribution in [3.63, 3.8) is 0 Å². The Kier molecular flexibility index (Phi) is 9.77. The maximum absolute atomic E-state index is 3.00. The van der Waals surface area contributed by atoms with Crippen LogP contribution in [0.3, 0.4) is 0 Å². The van der Waals surface area contributed by atoms with E-state index in [-0.39, 0.29) is 7.43 Å². The normalized spacial score (nSPS) is 6.77. The van der Waals surface area contributed by atoms with Gasteiger partial charge in [-0.15, -0.1) is 5.92 Å². The number of hydrogen-bond acceptors (Lipinski definition) is 0. The molecule has 0 saturated heterocycles. The molecule has 0 unspecified atom stereocenters. The van der Waals surface area contributed by atoms with Crippen molar-refractivity contribution in [2.24, 2.45) is 0 Å². The first-order valence-electron chi connectivity index (χ1n) is 4.32. The van der Waals surface area contributed by atoms with Gasteiger partial charge in [0.25, 0.3) is 0 Å². The lowest BCUT2D eigenvalue weighted by atomic mass is 10.1. The molecule has 0 aliphatic carbocycles. The van der Waals surface area contributed by atoms with Crippen molar-refractivity contribution in [2.75, 3.05) is 0 Å². The second kappa shape index (κ2) is 8.87. The topological polar surface area (TPSA) is 0 Å². The van der Waals surface area contributed by atoms with Gasteiger partial charge < -0.3 is 0 Å². The summed E-state index contributed by atoms with van der Waals surface area (Å²) in [6.07, 6.45) is 0. The first-order valence-corrected chi connectivity index (χ1v) is 4.32. The van der Waals surface area contributed by atoms with E-state index in [2.05, 4.69) is 30.9 Å². The van der Waals surface area contributed by atoms with Crippen molar-refractivity contribution in [3.8, 4) is 11.8 Å². The fraction of sp³-hybridized carbons (Fsp3) is 0.385. The van der Waals surface area contributed by atoms with Crippen molar-refractivity contribution < 1.29 is 0 Å². The molecule has 0 fully saturated rings. The average molecular weight is 176 g/mol. The van der Waals surface area contributed by atoms with Crippen molar-refractivity contribution in [1.82, 2.24) is 0 Å². The highest BCUT2D eigenvalue weighted by Crippen LogP contribution is 2.01. The molecule has 72 valence electrons. The first-order chi connectivity index (χ1) is 5.83. The van der Waals surface area contributed by atoms with Crippen LogP contribution in [0.1, 0.15) is 39.3 Å². The van der Waals surface area contributed by atoms with E-state index in [0.717, 1.165) is 5.56 Å². The summed E-state index contributed by atoms with van der Waals surface area (Å²) < 4.78 is 0. The summed E-state index contributed by atoms with van der Waals surface area (Å²) in [7, 11) is 0. The van der Waals surface area contributed by atoms with E-state index >= 15 is 0 Å². The van der Waals surface area contributed by atoms with Gasteiger partial charge in [0, 0.05) is 5.56 Å². The second-order valence-electron chi connectivity index (χ2n) is 2.24. The molecule has 0 amide bonds. The standard InChI is InChI=1S/C10H10.C2H6.CH4/c1-3-5-10-7-4-6-9(2)8-10;1-2;/h4,6-8H,1-2H3;1-2H3;1H4. The highest BCUT2D eigenvalue weighted by Gasteiger charge is 1.84. The monoisotopic (exact) mass is 176 g/mol. The van der Waals surface area contributed by atoms with E-state index in [1.807, 2.05) is 32.9 Å². The Morgan fingerprint density at radius 3 is 2.23 bits per heavy atom. The molecule has 0 saturated carbocycles. The van der Waals surface area contributed by atoms with Crippen LogP contribution in [0.15, 0.2) is 24.3 Å². The lowest BCUT2D eigenvalue weighted by molar-refractivity contribution is 1.45. The minimum absolute atomic E-state index is 0. The summed E-state index contributed by atoms with van der Waals surface area (Å²) in [5.41, 5.74) is 2.36. The van der Waals surface area contributed by atoms with Crippen LogP contribution < -0.4 is 0 Å². The summed E-state index contributed by atoms with van der Waals surface area (Å²) in [5.74, 6) is 5.86. The molecule has 0 N–H and O–H groups in total. The number of hydrogen-bond donors (Lipinski definition) is 0. The predicted molar refractivity (Wildman–Crippen MR) is 61.8 cm³/mol. The molecular weight excluding hydrogens is 156 g/mol. The SMILES string of the molecule is C.CC.CC#Cc1cccc(C)c1. The van der Waals surface area contributed by atoms with Crippen molar-refractivity contribution >= 4 is 0 Å². The third kappa shape index (κ3) is 5.99. The molecule has 1 aromatic carbocycles. The Labute approximate surface area is 83.0 Å². The van der Waals surface area contributed by atoms with Gasteiger partial charge in [0.15, 0.2) is 0 Å². The van der Waals surface area contributed by atoms with Gasteiger partial charge in [-0.25, -0.2) is 0 Å². The van der Waals surface area contributed by atoms with Crippen LogP contribution in [0.5, 0.6) is 0 Å². The summed E-state index contributed by atoms with van der Waals surface area (Å²) >= 11 is 0. The van der Waals surface area contributed by atoms with Crippen LogP contribution in [0.4, 0.5) is 0 Å². The van der Waals surface area contributed by atoms with Crippen molar-refractivity contribution in [1.29, 1.82) is 0 Å².